The van der Waals surface area contributed by atoms with E-state index >= 15 is 0 Å². The molecule has 0 aliphatic carbocycles. The van der Waals surface area contributed by atoms with E-state index in [2.05, 4.69) is 59.6 Å². The topological polar surface area (TPSA) is 42.2 Å². The van der Waals surface area contributed by atoms with Gasteiger partial charge in [0.05, 0.1) is 0 Å². The average Bonchev–Trinajstić information content (AvgIpc) is 2.49. The molecular weight excluding hydrogens is 381 g/mol. The van der Waals surface area contributed by atoms with Crippen LogP contribution in [0.25, 0.3) is 0 Å². The molecule has 1 aliphatic heterocycles. The fourth-order valence-electron chi connectivity index (χ4n) is 2.83. The molecule has 0 radical (unpaired) electrons. The summed E-state index contributed by atoms with van der Waals surface area (Å²) >= 11 is 0.267. The first-order chi connectivity index (χ1) is 10.9. The number of nitriles is 1. The van der Waals surface area contributed by atoms with Crippen LogP contribution in [-0.4, -0.2) is 33.4 Å². The third-order valence-corrected chi connectivity index (χ3v) is 13.2. The number of hydrogen-bond acceptors (Lipinski definition) is 3. The van der Waals surface area contributed by atoms with E-state index in [-0.39, 0.29) is 36.2 Å². The monoisotopic (exact) mass is 411 g/mol. The Morgan fingerprint density at radius 3 is 2.12 bits per heavy atom. The molecule has 1 aliphatic rings. The Morgan fingerprint density at radius 1 is 1.21 bits per heavy atom. The van der Waals surface area contributed by atoms with Gasteiger partial charge in [-0.25, -0.2) is 0 Å². The molecule has 24 heavy (non-hydrogen) atoms. The molecule has 0 N–H and O–H groups in total. The van der Waals surface area contributed by atoms with E-state index in [9.17, 15) is 0 Å². The van der Waals surface area contributed by atoms with Gasteiger partial charge in [-0.15, -0.1) is 0 Å². The first-order valence-corrected chi connectivity index (χ1v) is 13.8. The van der Waals surface area contributed by atoms with E-state index in [4.69, 9.17) is 14.4 Å². The summed E-state index contributed by atoms with van der Waals surface area (Å²) in [4.78, 5) is 0. The molecule has 5 heteroatoms. The molecule has 1 fully saturated rings. The van der Waals surface area contributed by atoms with Crippen LogP contribution in [0.3, 0.4) is 0 Å². The van der Waals surface area contributed by atoms with Gasteiger partial charge in [0.15, 0.2) is 0 Å². The molecule has 1 saturated heterocycles. The van der Waals surface area contributed by atoms with Crippen molar-refractivity contribution in [2.75, 3.05) is 0 Å². The summed E-state index contributed by atoms with van der Waals surface area (Å²) in [6, 6.07) is 9.92. The van der Waals surface area contributed by atoms with Crippen LogP contribution in [0.4, 0.5) is 0 Å². The molecule has 2 rings (SSSR count). The van der Waals surface area contributed by atoms with Gasteiger partial charge in [-0.3, -0.25) is 0 Å². The van der Waals surface area contributed by atoms with Crippen LogP contribution in [0.5, 0.6) is 0 Å². The third-order valence-electron chi connectivity index (χ3n) is 5.46. The summed E-state index contributed by atoms with van der Waals surface area (Å²) in [7, 11) is -1.93. The van der Waals surface area contributed by atoms with Gasteiger partial charge in [-0.2, -0.15) is 0 Å². The van der Waals surface area contributed by atoms with Crippen LogP contribution in [0.2, 0.25) is 24.0 Å². The maximum atomic E-state index is 9.02. The van der Waals surface area contributed by atoms with Gasteiger partial charge in [0, 0.05) is 0 Å². The van der Waals surface area contributed by atoms with Gasteiger partial charge in [-0.1, -0.05) is 0 Å². The maximum absolute atomic E-state index is 9.02. The molecule has 132 valence electrons. The molecule has 0 bridgehead atoms. The second-order valence-electron chi connectivity index (χ2n) is 8.48. The molecule has 2 unspecified atom stereocenters. The summed E-state index contributed by atoms with van der Waals surface area (Å²) in [5.74, 6) is 2.25. The first kappa shape index (κ1) is 19.7. The number of ether oxygens (including phenoxy) is 1. The predicted molar refractivity (Wildman–Crippen MR) is 102 cm³/mol. The van der Waals surface area contributed by atoms with Crippen molar-refractivity contribution >= 4 is 23.3 Å². The molecule has 1 aromatic rings. The van der Waals surface area contributed by atoms with Gasteiger partial charge in [0.1, 0.15) is 0 Å². The van der Waals surface area contributed by atoms with Crippen molar-refractivity contribution in [1.29, 1.82) is 5.26 Å². The average molecular weight is 410 g/mol. The fourth-order valence-corrected chi connectivity index (χ4v) is 8.14. The second-order valence-corrected chi connectivity index (χ2v) is 15.3. The van der Waals surface area contributed by atoms with Crippen LogP contribution in [-0.2, 0) is 9.16 Å². The van der Waals surface area contributed by atoms with Gasteiger partial charge in [0.2, 0.25) is 0 Å². The summed E-state index contributed by atoms with van der Waals surface area (Å²) in [6.07, 6.45) is -0.0561. The molecule has 0 amide bonds. The summed E-state index contributed by atoms with van der Waals surface area (Å²) in [5.41, 5.74) is 1.49. The Labute approximate surface area is 154 Å². The molecule has 3 nitrogen and oxygen atoms in total. The standard InChI is InChI=1S/C19H29NO2SeSi/c1-17(2,3)24(7,8)22-19(23-6)16(21-18(19,4)5)15-11-9-14(13-20)10-12-15/h9-12,16H,1-8H3. The molecule has 1 aromatic carbocycles. The van der Waals surface area contributed by atoms with Crippen molar-refractivity contribution in [3.05, 3.63) is 35.4 Å². The Morgan fingerprint density at radius 2 is 1.75 bits per heavy atom. The van der Waals surface area contributed by atoms with Crippen LogP contribution in [0.1, 0.15) is 51.8 Å². The van der Waals surface area contributed by atoms with Crippen molar-refractivity contribution < 1.29 is 9.16 Å². The van der Waals surface area contributed by atoms with Crippen molar-refractivity contribution in [3.8, 4) is 6.07 Å². The van der Waals surface area contributed by atoms with Crippen LogP contribution in [0, 0.1) is 11.3 Å². The first-order valence-electron chi connectivity index (χ1n) is 8.33. The summed E-state index contributed by atoms with van der Waals surface area (Å²) in [5, 5.41) is 9.17. The molecule has 0 saturated carbocycles. The van der Waals surface area contributed by atoms with E-state index in [1.54, 1.807) is 0 Å². The van der Waals surface area contributed by atoms with E-state index < -0.39 is 8.32 Å². The Bertz CT molecular complexity index is 643. The van der Waals surface area contributed by atoms with Gasteiger partial charge < -0.3 is 0 Å². The number of hydrogen-bond donors (Lipinski definition) is 0. The van der Waals surface area contributed by atoms with Crippen molar-refractivity contribution in [1.82, 2.24) is 0 Å². The second kappa shape index (κ2) is 6.27. The minimum atomic E-state index is -1.93. The zero-order valence-corrected chi connectivity index (χ0v) is 18.8. The number of benzene rings is 1. The van der Waals surface area contributed by atoms with Crippen LogP contribution >= 0.6 is 0 Å². The van der Waals surface area contributed by atoms with E-state index in [1.165, 1.54) is 0 Å². The predicted octanol–water partition coefficient (Wildman–Crippen LogP) is 4.88. The van der Waals surface area contributed by atoms with Crippen molar-refractivity contribution in [3.63, 3.8) is 0 Å². The number of nitrogens with zero attached hydrogens (tertiary/aromatic N) is 1. The van der Waals surface area contributed by atoms with Crippen LogP contribution in [0.15, 0.2) is 24.3 Å². The zero-order chi connectivity index (χ0) is 18.4. The minimum absolute atomic E-state index is 0.0561. The molecule has 2 atom stereocenters. The van der Waals surface area contributed by atoms with Gasteiger partial charge >= 0.3 is 154 Å². The fraction of sp³-hybridized carbons (Fsp3) is 0.632. The Balaban J connectivity index is 2.41. The zero-order valence-electron chi connectivity index (χ0n) is 16.1. The van der Waals surface area contributed by atoms with Gasteiger partial charge in [-0.05, 0) is 0 Å². The normalized spacial score (nSPS) is 26.5. The van der Waals surface area contributed by atoms with E-state index in [1.807, 2.05) is 24.3 Å². The summed E-state index contributed by atoms with van der Waals surface area (Å²) < 4.78 is 13.0. The third kappa shape index (κ3) is 3.11. The SMILES string of the molecule is C[Se]C1(O[Si](C)(C)C(C)(C)C)C(c2ccc(C#N)cc2)OC1(C)C. The Hall–Kier alpha value is -0.634. The van der Waals surface area contributed by atoms with Crippen LogP contribution < -0.4 is 0 Å². The Kier molecular flexibility index (Phi) is 5.14. The molecule has 1 heterocycles. The number of rotatable bonds is 4. The van der Waals surface area contributed by atoms with E-state index in [0.29, 0.717) is 5.56 Å². The molecule has 0 aromatic heterocycles. The van der Waals surface area contributed by atoms with Crippen molar-refractivity contribution in [2.45, 2.75) is 74.8 Å². The van der Waals surface area contributed by atoms with Gasteiger partial charge in [0.25, 0.3) is 0 Å². The summed E-state index contributed by atoms with van der Waals surface area (Å²) in [6.45, 7) is 15.7. The molecule has 0 spiro atoms. The van der Waals surface area contributed by atoms with Crippen molar-refractivity contribution in [2.24, 2.45) is 0 Å². The van der Waals surface area contributed by atoms with E-state index in [0.717, 1.165) is 5.56 Å². The quantitative estimate of drug-likeness (QED) is 0.665. The molecular formula is C19H29NO2SeSi.